The molecule has 2 rings (SSSR count). The maximum atomic E-state index is 12.7. The molecular weight excluding hydrogens is 260 g/mol. The first-order valence-corrected chi connectivity index (χ1v) is 5.48. The van der Waals surface area contributed by atoms with E-state index in [-0.39, 0.29) is 5.56 Å². The summed E-state index contributed by atoms with van der Waals surface area (Å²) in [6, 6.07) is 9.39. The Morgan fingerprint density at radius 2 is 1.53 bits per heavy atom. The zero-order valence-electron chi connectivity index (χ0n) is 9.66. The van der Waals surface area contributed by atoms with Gasteiger partial charge < -0.3 is 5.11 Å². The summed E-state index contributed by atoms with van der Waals surface area (Å²) in [6.45, 7) is 0. The second-order valence-corrected chi connectivity index (χ2v) is 4.08. The molecule has 5 heteroatoms. The van der Waals surface area contributed by atoms with Gasteiger partial charge in [-0.1, -0.05) is 24.3 Å². The second kappa shape index (κ2) is 5.01. The fourth-order valence-corrected chi connectivity index (χ4v) is 1.72. The van der Waals surface area contributed by atoms with E-state index in [1.165, 1.54) is 24.3 Å². The first kappa shape index (κ1) is 13.5. The van der Waals surface area contributed by atoms with Crippen LogP contribution in [0.15, 0.2) is 48.5 Å². The lowest BCUT2D eigenvalue weighted by Gasteiger charge is -2.14. The molecular formula is C14H10F4O. The van der Waals surface area contributed by atoms with E-state index in [0.29, 0.717) is 5.56 Å². The van der Waals surface area contributed by atoms with Gasteiger partial charge in [-0.05, 0) is 35.4 Å². The van der Waals surface area contributed by atoms with E-state index in [1.54, 1.807) is 0 Å². The van der Waals surface area contributed by atoms with Gasteiger partial charge in [-0.2, -0.15) is 13.2 Å². The largest absolute Gasteiger partial charge is 0.416 e. The molecule has 0 fully saturated rings. The lowest BCUT2D eigenvalue weighted by molar-refractivity contribution is -0.137. The molecule has 1 nitrogen and oxygen atoms in total. The van der Waals surface area contributed by atoms with Gasteiger partial charge in [-0.3, -0.25) is 0 Å². The Morgan fingerprint density at radius 3 is 2.11 bits per heavy atom. The predicted octanol–water partition coefficient (Wildman–Crippen LogP) is 3.93. The smallest absolute Gasteiger partial charge is 0.384 e. The van der Waals surface area contributed by atoms with Crippen molar-refractivity contribution in [1.29, 1.82) is 0 Å². The summed E-state index contributed by atoms with van der Waals surface area (Å²) in [5, 5.41) is 9.98. The molecule has 0 heterocycles. The van der Waals surface area contributed by atoms with Crippen molar-refractivity contribution in [2.75, 3.05) is 0 Å². The SMILES string of the molecule is OC(c1ccc(F)cc1)c1cccc(C(F)(F)F)c1. The summed E-state index contributed by atoms with van der Waals surface area (Å²) in [6.07, 6.45) is -5.68. The van der Waals surface area contributed by atoms with Gasteiger partial charge in [0.15, 0.2) is 0 Å². The second-order valence-electron chi connectivity index (χ2n) is 4.08. The standard InChI is InChI=1S/C14H10F4O/c15-12-6-4-9(5-7-12)13(19)10-2-1-3-11(8-10)14(16,17)18/h1-8,13,19H. The average Bonchev–Trinajstić information content (AvgIpc) is 2.38. The van der Waals surface area contributed by atoms with Crippen molar-refractivity contribution >= 4 is 0 Å². The number of rotatable bonds is 2. The highest BCUT2D eigenvalue weighted by molar-refractivity contribution is 5.33. The summed E-state index contributed by atoms with van der Waals surface area (Å²) in [5.74, 6) is -0.472. The van der Waals surface area contributed by atoms with Crippen molar-refractivity contribution < 1.29 is 22.7 Å². The van der Waals surface area contributed by atoms with Crippen molar-refractivity contribution in [2.24, 2.45) is 0 Å². The highest BCUT2D eigenvalue weighted by atomic mass is 19.4. The first-order chi connectivity index (χ1) is 8.88. The Hall–Kier alpha value is -1.88. The van der Waals surface area contributed by atoms with Gasteiger partial charge in [-0.15, -0.1) is 0 Å². The Labute approximate surface area is 107 Å². The van der Waals surface area contributed by atoms with Crippen LogP contribution in [0, 0.1) is 5.82 Å². The molecule has 19 heavy (non-hydrogen) atoms. The van der Waals surface area contributed by atoms with Gasteiger partial charge in [0.25, 0.3) is 0 Å². The molecule has 1 atom stereocenters. The van der Waals surface area contributed by atoms with Crippen LogP contribution < -0.4 is 0 Å². The normalized spacial score (nSPS) is 13.3. The van der Waals surface area contributed by atoms with Crippen molar-refractivity contribution in [3.05, 3.63) is 71.0 Å². The summed E-state index contributed by atoms with van der Waals surface area (Å²) in [7, 11) is 0. The third-order valence-electron chi connectivity index (χ3n) is 2.72. The Morgan fingerprint density at radius 1 is 0.895 bits per heavy atom. The van der Waals surface area contributed by atoms with Crippen molar-refractivity contribution in [2.45, 2.75) is 12.3 Å². The molecule has 0 aliphatic rings. The lowest BCUT2D eigenvalue weighted by Crippen LogP contribution is -2.07. The Balaban J connectivity index is 2.34. The molecule has 100 valence electrons. The number of aliphatic hydroxyl groups is 1. The van der Waals surface area contributed by atoms with Crippen LogP contribution in [0.4, 0.5) is 17.6 Å². The number of aliphatic hydroxyl groups excluding tert-OH is 1. The third-order valence-corrected chi connectivity index (χ3v) is 2.72. The zero-order chi connectivity index (χ0) is 14.0. The molecule has 1 N–H and O–H groups in total. The van der Waals surface area contributed by atoms with E-state index in [9.17, 15) is 22.7 Å². The minimum Gasteiger partial charge on any atom is -0.384 e. The van der Waals surface area contributed by atoms with Crippen LogP contribution in [-0.2, 0) is 6.18 Å². The lowest BCUT2D eigenvalue weighted by atomic mass is 9.99. The molecule has 0 saturated heterocycles. The third kappa shape index (κ3) is 3.12. The number of alkyl halides is 3. The first-order valence-electron chi connectivity index (χ1n) is 5.48. The Kier molecular flexibility index (Phi) is 3.57. The molecule has 2 aromatic carbocycles. The molecule has 0 saturated carbocycles. The Bertz CT molecular complexity index is 560. The van der Waals surface area contributed by atoms with Gasteiger partial charge in [0.2, 0.25) is 0 Å². The number of hydrogen-bond donors (Lipinski definition) is 1. The van der Waals surface area contributed by atoms with Gasteiger partial charge in [0.1, 0.15) is 11.9 Å². The number of hydrogen-bond acceptors (Lipinski definition) is 1. The summed E-state index contributed by atoms with van der Waals surface area (Å²) in [4.78, 5) is 0. The average molecular weight is 270 g/mol. The van der Waals surface area contributed by atoms with E-state index < -0.39 is 23.7 Å². The van der Waals surface area contributed by atoms with E-state index in [1.807, 2.05) is 0 Å². The fraction of sp³-hybridized carbons (Fsp3) is 0.143. The quantitative estimate of drug-likeness (QED) is 0.820. The summed E-state index contributed by atoms with van der Waals surface area (Å²) >= 11 is 0. The minimum absolute atomic E-state index is 0.112. The van der Waals surface area contributed by atoms with Crippen molar-refractivity contribution in [3.63, 3.8) is 0 Å². The maximum absolute atomic E-state index is 12.7. The van der Waals surface area contributed by atoms with Gasteiger partial charge in [-0.25, -0.2) is 4.39 Å². The minimum atomic E-state index is -4.46. The van der Waals surface area contributed by atoms with Crippen LogP contribution in [0.2, 0.25) is 0 Å². The van der Waals surface area contributed by atoms with Crippen LogP contribution in [0.5, 0.6) is 0 Å². The van der Waals surface area contributed by atoms with Crippen molar-refractivity contribution in [1.82, 2.24) is 0 Å². The fourth-order valence-electron chi connectivity index (χ4n) is 1.72. The molecule has 0 aromatic heterocycles. The summed E-state index contributed by atoms with van der Waals surface area (Å²) < 4.78 is 50.4. The highest BCUT2D eigenvalue weighted by Crippen LogP contribution is 2.32. The van der Waals surface area contributed by atoms with Crippen LogP contribution in [0.3, 0.4) is 0 Å². The molecule has 0 aliphatic heterocycles. The van der Waals surface area contributed by atoms with Crippen LogP contribution in [0.1, 0.15) is 22.8 Å². The molecule has 0 radical (unpaired) electrons. The molecule has 0 spiro atoms. The molecule has 0 aliphatic carbocycles. The molecule has 0 amide bonds. The number of halogens is 4. The predicted molar refractivity (Wildman–Crippen MR) is 61.9 cm³/mol. The maximum Gasteiger partial charge on any atom is 0.416 e. The highest BCUT2D eigenvalue weighted by Gasteiger charge is 2.30. The van der Waals surface area contributed by atoms with Crippen molar-refractivity contribution in [3.8, 4) is 0 Å². The topological polar surface area (TPSA) is 20.2 Å². The van der Waals surface area contributed by atoms with Gasteiger partial charge >= 0.3 is 6.18 Å². The monoisotopic (exact) mass is 270 g/mol. The van der Waals surface area contributed by atoms with E-state index in [2.05, 4.69) is 0 Å². The molecule has 0 bridgehead atoms. The number of benzene rings is 2. The van der Waals surface area contributed by atoms with Gasteiger partial charge in [0, 0.05) is 0 Å². The van der Waals surface area contributed by atoms with E-state index >= 15 is 0 Å². The molecule has 1 unspecified atom stereocenters. The van der Waals surface area contributed by atoms with Crippen LogP contribution in [0.25, 0.3) is 0 Å². The molecule has 2 aromatic rings. The van der Waals surface area contributed by atoms with Crippen LogP contribution >= 0.6 is 0 Å². The van der Waals surface area contributed by atoms with Crippen LogP contribution in [-0.4, -0.2) is 5.11 Å². The van der Waals surface area contributed by atoms with E-state index in [0.717, 1.165) is 24.3 Å². The van der Waals surface area contributed by atoms with E-state index in [4.69, 9.17) is 0 Å². The summed E-state index contributed by atoms with van der Waals surface area (Å²) in [5.41, 5.74) is -0.381. The zero-order valence-corrected chi connectivity index (χ0v) is 9.66. The van der Waals surface area contributed by atoms with Gasteiger partial charge in [0.05, 0.1) is 5.56 Å².